The van der Waals surface area contributed by atoms with Crippen LogP contribution < -0.4 is 5.32 Å². The average molecular weight is 370 g/mol. The maximum atomic E-state index is 12.4. The number of aromatic nitrogens is 1. The zero-order chi connectivity index (χ0) is 18.7. The molecule has 3 aromatic rings. The molecular formula is C20H20ClN3O2. The van der Waals surface area contributed by atoms with Gasteiger partial charge >= 0.3 is 6.03 Å². The largest absolute Gasteiger partial charge is 0.441 e. The smallest absolute Gasteiger partial charge is 0.321 e. The molecule has 5 nitrogen and oxygen atoms in total. The van der Waals surface area contributed by atoms with Gasteiger partial charge in [0.15, 0.2) is 0 Å². The zero-order valence-electron chi connectivity index (χ0n) is 14.9. The Morgan fingerprint density at radius 1 is 1.15 bits per heavy atom. The van der Waals surface area contributed by atoms with Gasteiger partial charge in [0.05, 0.1) is 17.3 Å². The van der Waals surface area contributed by atoms with E-state index >= 15 is 0 Å². The summed E-state index contributed by atoms with van der Waals surface area (Å²) in [5.74, 6) is 1.26. The number of carbonyl (C=O) groups excluding carboxylic acids is 1. The maximum absolute atomic E-state index is 12.4. The standard InChI is InChI=1S/C20H20ClN3O2/c1-13-8-4-5-9-15(13)19-22-18(14(2)26-19)12-24(3)20(25)23-17-11-7-6-10-16(17)21/h4-11H,12H2,1-3H3,(H,23,25). The van der Waals surface area contributed by atoms with E-state index in [-0.39, 0.29) is 6.03 Å². The van der Waals surface area contributed by atoms with Gasteiger partial charge in [-0.05, 0) is 37.6 Å². The molecule has 0 aliphatic heterocycles. The number of aryl methyl sites for hydroxylation is 2. The zero-order valence-corrected chi connectivity index (χ0v) is 15.7. The highest BCUT2D eigenvalue weighted by molar-refractivity contribution is 6.33. The number of benzene rings is 2. The van der Waals surface area contributed by atoms with Crippen molar-refractivity contribution in [3.63, 3.8) is 0 Å². The van der Waals surface area contributed by atoms with Crippen molar-refractivity contribution in [1.82, 2.24) is 9.88 Å². The Kier molecular flexibility index (Phi) is 5.28. The van der Waals surface area contributed by atoms with Crippen LogP contribution in [0, 0.1) is 13.8 Å². The minimum atomic E-state index is -0.266. The summed E-state index contributed by atoms with van der Waals surface area (Å²) in [6, 6.07) is 14.8. The summed E-state index contributed by atoms with van der Waals surface area (Å²) in [5.41, 5.74) is 3.33. The Morgan fingerprint density at radius 3 is 2.58 bits per heavy atom. The van der Waals surface area contributed by atoms with Crippen molar-refractivity contribution in [1.29, 1.82) is 0 Å². The van der Waals surface area contributed by atoms with Crippen molar-refractivity contribution < 1.29 is 9.21 Å². The second-order valence-electron chi connectivity index (χ2n) is 6.10. The first-order valence-corrected chi connectivity index (χ1v) is 8.62. The molecule has 0 aliphatic rings. The third-order valence-corrected chi connectivity index (χ3v) is 4.45. The molecule has 1 N–H and O–H groups in total. The number of nitrogens with zero attached hydrogens (tertiary/aromatic N) is 2. The number of anilines is 1. The van der Waals surface area contributed by atoms with Gasteiger partial charge in [0.2, 0.25) is 5.89 Å². The number of halogens is 1. The highest BCUT2D eigenvalue weighted by atomic mass is 35.5. The fraction of sp³-hybridized carbons (Fsp3) is 0.200. The molecule has 2 amide bonds. The fourth-order valence-corrected chi connectivity index (χ4v) is 2.76. The number of carbonyl (C=O) groups is 1. The van der Waals surface area contributed by atoms with Crippen LogP contribution in [0.5, 0.6) is 0 Å². The van der Waals surface area contributed by atoms with Gasteiger partial charge in [0.1, 0.15) is 11.5 Å². The minimum absolute atomic E-state index is 0.266. The van der Waals surface area contributed by atoms with E-state index in [0.29, 0.717) is 28.9 Å². The molecule has 2 aromatic carbocycles. The first-order chi connectivity index (χ1) is 12.5. The molecule has 0 aliphatic carbocycles. The molecule has 0 atom stereocenters. The Hall–Kier alpha value is -2.79. The Balaban J connectivity index is 1.73. The van der Waals surface area contributed by atoms with Crippen LogP contribution in [0.4, 0.5) is 10.5 Å². The van der Waals surface area contributed by atoms with Crippen molar-refractivity contribution in [3.8, 4) is 11.5 Å². The minimum Gasteiger partial charge on any atom is -0.441 e. The molecule has 1 heterocycles. The molecule has 1 aromatic heterocycles. The Morgan fingerprint density at radius 2 is 1.85 bits per heavy atom. The summed E-state index contributed by atoms with van der Waals surface area (Å²) in [4.78, 5) is 18.5. The molecular weight excluding hydrogens is 350 g/mol. The van der Waals surface area contributed by atoms with Crippen molar-refractivity contribution in [3.05, 3.63) is 70.6 Å². The van der Waals surface area contributed by atoms with E-state index in [9.17, 15) is 4.79 Å². The molecule has 0 fully saturated rings. The van der Waals surface area contributed by atoms with Crippen LogP contribution in [0.15, 0.2) is 52.9 Å². The monoisotopic (exact) mass is 369 g/mol. The third kappa shape index (κ3) is 3.89. The first-order valence-electron chi connectivity index (χ1n) is 8.24. The predicted octanol–water partition coefficient (Wildman–Crippen LogP) is 5.28. The van der Waals surface area contributed by atoms with Crippen molar-refractivity contribution in [2.24, 2.45) is 0 Å². The summed E-state index contributed by atoms with van der Waals surface area (Å²) in [6.45, 7) is 4.19. The third-order valence-electron chi connectivity index (χ3n) is 4.12. The summed E-state index contributed by atoms with van der Waals surface area (Å²) in [7, 11) is 1.70. The second kappa shape index (κ2) is 7.62. The van der Waals surface area contributed by atoms with Crippen LogP contribution in [0.1, 0.15) is 17.0 Å². The summed E-state index contributed by atoms with van der Waals surface area (Å²) in [6.07, 6.45) is 0. The molecule has 134 valence electrons. The van der Waals surface area contributed by atoms with Crippen LogP contribution in [0.3, 0.4) is 0 Å². The number of rotatable bonds is 4. The molecule has 0 radical (unpaired) electrons. The summed E-state index contributed by atoms with van der Waals surface area (Å²) >= 11 is 6.08. The lowest BCUT2D eigenvalue weighted by Gasteiger charge is -2.17. The predicted molar refractivity (Wildman–Crippen MR) is 103 cm³/mol. The molecule has 0 spiro atoms. The van der Waals surface area contributed by atoms with E-state index in [2.05, 4.69) is 10.3 Å². The van der Waals surface area contributed by atoms with E-state index in [0.717, 1.165) is 16.8 Å². The van der Waals surface area contributed by atoms with Gasteiger partial charge in [-0.15, -0.1) is 0 Å². The van der Waals surface area contributed by atoms with E-state index in [1.54, 1.807) is 19.2 Å². The van der Waals surface area contributed by atoms with Gasteiger partial charge in [0.25, 0.3) is 0 Å². The lowest BCUT2D eigenvalue weighted by molar-refractivity contribution is 0.220. The van der Waals surface area contributed by atoms with E-state index in [4.69, 9.17) is 16.0 Å². The van der Waals surface area contributed by atoms with E-state index in [1.807, 2.05) is 50.2 Å². The number of hydrogen-bond donors (Lipinski definition) is 1. The fourth-order valence-electron chi connectivity index (χ4n) is 2.57. The molecule has 26 heavy (non-hydrogen) atoms. The second-order valence-corrected chi connectivity index (χ2v) is 6.51. The van der Waals surface area contributed by atoms with E-state index in [1.165, 1.54) is 4.90 Å². The number of para-hydroxylation sites is 1. The van der Waals surface area contributed by atoms with Crippen LogP contribution in [-0.2, 0) is 6.54 Å². The number of hydrogen-bond acceptors (Lipinski definition) is 3. The Labute approximate surface area is 157 Å². The van der Waals surface area contributed by atoms with Crippen LogP contribution in [0.2, 0.25) is 5.02 Å². The maximum Gasteiger partial charge on any atom is 0.321 e. The van der Waals surface area contributed by atoms with Gasteiger partial charge in [-0.1, -0.05) is 41.9 Å². The Bertz CT molecular complexity index is 936. The number of urea groups is 1. The van der Waals surface area contributed by atoms with Gasteiger partial charge < -0.3 is 14.6 Å². The topological polar surface area (TPSA) is 58.4 Å². The van der Waals surface area contributed by atoms with E-state index < -0.39 is 0 Å². The van der Waals surface area contributed by atoms with Crippen LogP contribution in [0.25, 0.3) is 11.5 Å². The first kappa shape index (κ1) is 18.0. The molecule has 0 unspecified atom stereocenters. The molecule has 0 saturated heterocycles. The quantitative estimate of drug-likeness (QED) is 0.681. The van der Waals surface area contributed by atoms with Crippen molar-refractivity contribution >= 4 is 23.3 Å². The summed E-state index contributed by atoms with van der Waals surface area (Å²) < 4.78 is 5.81. The van der Waals surface area contributed by atoms with Crippen LogP contribution >= 0.6 is 11.6 Å². The van der Waals surface area contributed by atoms with Gasteiger partial charge in [-0.25, -0.2) is 9.78 Å². The van der Waals surface area contributed by atoms with Gasteiger partial charge in [0, 0.05) is 12.6 Å². The van der Waals surface area contributed by atoms with Gasteiger partial charge in [-0.2, -0.15) is 0 Å². The number of nitrogens with one attached hydrogen (secondary N) is 1. The van der Waals surface area contributed by atoms with Crippen molar-refractivity contribution in [2.45, 2.75) is 20.4 Å². The molecule has 0 saturated carbocycles. The normalized spacial score (nSPS) is 10.6. The van der Waals surface area contributed by atoms with Crippen molar-refractivity contribution in [2.75, 3.05) is 12.4 Å². The highest BCUT2D eigenvalue weighted by Gasteiger charge is 2.17. The van der Waals surface area contributed by atoms with Crippen LogP contribution in [-0.4, -0.2) is 23.0 Å². The lowest BCUT2D eigenvalue weighted by Crippen LogP contribution is -2.31. The molecule has 0 bridgehead atoms. The SMILES string of the molecule is Cc1ccccc1-c1nc(CN(C)C(=O)Nc2ccccc2Cl)c(C)o1. The molecule has 6 heteroatoms. The number of oxazole rings is 1. The highest BCUT2D eigenvalue weighted by Crippen LogP contribution is 2.25. The lowest BCUT2D eigenvalue weighted by atomic mass is 10.1. The summed E-state index contributed by atoms with van der Waals surface area (Å²) in [5, 5.41) is 3.29. The average Bonchev–Trinajstić information content (AvgIpc) is 2.97. The van der Waals surface area contributed by atoms with Gasteiger partial charge in [-0.3, -0.25) is 0 Å². The molecule has 3 rings (SSSR count). The number of amides is 2.